The average Bonchev–Trinajstić information content (AvgIpc) is 2.64. The maximum absolute atomic E-state index is 11.2. The van der Waals surface area contributed by atoms with E-state index in [0.29, 0.717) is 0 Å². The first-order valence-electron chi connectivity index (χ1n) is 4.53. The zero-order chi connectivity index (χ0) is 10.8. The van der Waals surface area contributed by atoms with E-state index in [9.17, 15) is 4.79 Å². The lowest BCUT2D eigenvalue weighted by Gasteiger charge is -2.01. The average molecular weight is 237 g/mol. The molecule has 2 rings (SSSR count). The van der Waals surface area contributed by atoms with Crippen molar-refractivity contribution in [3.63, 3.8) is 0 Å². The second-order valence-corrected chi connectivity index (χ2v) is 4.76. The molecule has 1 nitrogen and oxygen atoms in total. The monoisotopic (exact) mass is 236 g/mol. The highest BCUT2D eigenvalue weighted by Gasteiger charge is 2.06. The van der Waals surface area contributed by atoms with Crippen LogP contribution in [-0.4, -0.2) is 5.78 Å². The van der Waals surface area contributed by atoms with Gasteiger partial charge in [-0.15, -0.1) is 11.3 Å². The molecule has 0 aliphatic carbocycles. The highest BCUT2D eigenvalue weighted by molar-refractivity contribution is 7.15. The largest absolute Gasteiger partial charge is 0.295 e. The second kappa shape index (κ2) is 4.17. The van der Waals surface area contributed by atoms with Crippen LogP contribution < -0.4 is 0 Å². The van der Waals surface area contributed by atoms with Crippen LogP contribution in [0.5, 0.6) is 0 Å². The van der Waals surface area contributed by atoms with Crippen LogP contribution in [0.4, 0.5) is 0 Å². The van der Waals surface area contributed by atoms with E-state index in [0.717, 1.165) is 21.0 Å². The molecule has 0 atom stereocenters. The van der Waals surface area contributed by atoms with Crippen molar-refractivity contribution >= 4 is 28.7 Å². The number of thiophene rings is 1. The Morgan fingerprint density at radius 3 is 2.73 bits per heavy atom. The van der Waals surface area contributed by atoms with Crippen LogP contribution in [0.15, 0.2) is 35.7 Å². The van der Waals surface area contributed by atoms with Crippen LogP contribution in [0.1, 0.15) is 17.3 Å². The second-order valence-electron chi connectivity index (χ2n) is 3.24. The quantitative estimate of drug-likeness (QED) is 0.712. The van der Waals surface area contributed by atoms with Gasteiger partial charge in [0.1, 0.15) is 4.34 Å². The van der Waals surface area contributed by atoms with Crippen LogP contribution in [0.2, 0.25) is 4.34 Å². The van der Waals surface area contributed by atoms with Crippen LogP contribution >= 0.6 is 22.9 Å². The van der Waals surface area contributed by atoms with Gasteiger partial charge >= 0.3 is 0 Å². The topological polar surface area (TPSA) is 17.1 Å². The predicted molar refractivity (Wildman–Crippen MR) is 64.8 cm³/mol. The molecule has 0 unspecified atom stereocenters. The van der Waals surface area contributed by atoms with E-state index >= 15 is 0 Å². The number of rotatable bonds is 2. The lowest BCUT2D eigenvalue weighted by atomic mass is 10.0. The summed E-state index contributed by atoms with van der Waals surface area (Å²) in [6, 6.07) is 9.48. The van der Waals surface area contributed by atoms with Crippen LogP contribution in [0.25, 0.3) is 11.1 Å². The molecule has 0 fully saturated rings. The molecular formula is C12H9ClOS. The third-order valence-corrected chi connectivity index (χ3v) is 3.37. The van der Waals surface area contributed by atoms with Gasteiger partial charge in [-0.05, 0) is 30.0 Å². The summed E-state index contributed by atoms with van der Waals surface area (Å²) in [5.41, 5.74) is 2.70. The summed E-state index contributed by atoms with van der Waals surface area (Å²) in [6.45, 7) is 1.56. The lowest BCUT2D eigenvalue weighted by Crippen LogP contribution is -1.91. The van der Waals surface area contributed by atoms with Crippen molar-refractivity contribution in [3.05, 3.63) is 45.6 Å². The summed E-state index contributed by atoms with van der Waals surface area (Å²) in [5.74, 6) is 0.0724. The molecule has 1 aromatic carbocycles. The minimum Gasteiger partial charge on any atom is -0.295 e. The Kier molecular flexibility index (Phi) is 2.89. The number of carbonyl (C=O) groups is 1. The summed E-state index contributed by atoms with van der Waals surface area (Å²) in [5, 5.41) is 1.94. The fourth-order valence-electron chi connectivity index (χ4n) is 1.41. The fraction of sp³-hybridized carbons (Fsp3) is 0.0833. The number of halogens is 1. The number of hydrogen-bond donors (Lipinski definition) is 0. The number of hydrogen-bond acceptors (Lipinski definition) is 2. The molecule has 0 bridgehead atoms. The van der Waals surface area contributed by atoms with E-state index < -0.39 is 0 Å². The molecule has 2 aromatic rings. The zero-order valence-electron chi connectivity index (χ0n) is 8.16. The Morgan fingerprint density at radius 1 is 1.33 bits per heavy atom. The van der Waals surface area contributed by atoms with Gasteiger partial charge in [0.05, 0.1) is 0 Å². The van der Waals surface area contributed by atoms with Gasteiger partial charge in [0.25, 0.3) is 0 Å². The van der Waals surface area contributed by atoms with Crippen molar-refractivity contribution in [2.45, 2.75) is 6.92 Å². The van der Waals surface area contributed by atoms with E-state index in [1.54, 1.807) is 6.92 Å². The number of benzene rings is 1. The molecule has 76 valence electrons. The molecule has 0 N–H and O–H groups in total. The Bertz CT molecular complexity index is 502. The Balaban J connectivity index is 2.50. The third kappa shape index (κ3) is 2.11. The predicted octanol–water partition coefficient (Wildman–Crippen LogP) is 4.27. The van der Waals surface area contributed by atoms with Gasteiger partial charge in [-0.2, -0.15) is 0 Å². The first-order chi connectivity index (χ1) is 7.18. The molecule has 0 aliphatic rings. The number of carbonyl (C=O) groups excluding carboxylic acids is 1. The van der Waals surface area contributed by atoms with E-state index in [-0.39, 0.29) is 5.78 Å². The number of ketones is 1. The van der Waals surface area contributed by atoms with Crippen molar-refractivity contribution in [2.75, 3.05) is 0 Å². The summed E-state index contributed by atoms with van der Waals surface area (Å²) in [6.07, 6.45) is 0. The molecule has 1 heterocycles. The normalized spacial score (nSPS) is 10.3. The molecule has 1 aromatic heterocycles. The standard InChI is InChI=1S/C12H9ClOS/c1-8(14)9-3-2-4-10(7-9)11-5-6-15-12(11)13/h2-7H,1H3. The van der Waals surface area contributed by atoms with Crippen molar-refractivity contribution in [1.29, 1.82) is 0 Å². The summed E-state index contributed by atoms with van der Waals surface area (Å²) in [4.78, 5) is 11.2. The molecule has 0 aliphatic heterocycles. The maximum atomic E-state index is 11.2. The van der Waals surface area contributed by atoms with Crippen molar-refractivity contribution < 1.29 is 4.79 Å². The molecule has 15 heavy (non-hydrogen) atoms. The van der Waals surface area contributed by atoms with Gasteiger partial charge in [-0.1, -0.05) is 29.8 Å². The van der Waals surface area contributed by atoms with Crippen LogP contribution in [-0.2, 0) is 0 Å². The van der Waals surface area contributed by atoms with Crippen molar-refractivity contribution in [2.24, 2.45) is 0 Å². The first-order valence-corrected chi connectivity index (χ1v) is 5.78. The molecule has 0 radical (unpaired) electrons. The van der Waals surface area contributed by atoms with Gasteiger partial charge in [-0.3, -0.25) is 4.79 Å². The summed E-state index contributed by atoms with van der Waals surface area (Å²) >= 11 is 7.53. The maximum Gasteiger partial charge on any atom is 0.159 e. The third-order valence-electron chi connectivity index (χ3n) is 2.20. The molecule has 0 spiro atoms. The summed E-state index contributed by atoms with van der Waals surface area (Å²) in [7, 11) is 0. The number of Topliss-reactive ketones (excluding diaryl/α,β-unsaturated/α-hetero) is 1. The fourth-order valence-corrected chi connectivity index (χ4v) is 2.37. The zero-order valence-corrected chi connectivity index (χ0v) is 9.73. The Hall–Kier alpha value is -1.12. The van der Waals surface area contributed by atoms with Gasteiger partial charge in [-0.25, -0.2) is 0 Å². The molecule has 0 amide bonds. The van der Waals surface area contributed by atoms with Gasteiger partial charge in [0, 0.05) is 11.1 Å². The van der Waals surface area contributed by atoms with Crippen molar-refractivity contribution in [3.8, 4) is 11.1 Å². The molecule has 0 saturated heterocycles. The molecular weight excluding hydrogens is 228 g/mol. The van der Waals surface area contributed by atoms with Crippen LogP contribution in [0, 0.1) is 0 Å². The minimum atomic E-state index is 0.0724. The van der Waals surface area contributed by atoms with E-state index in [1.807, 2.05) is 35.7 Å². The van der Waals surface area contributed by atoms with Gasteiger partial charge in [0.15, 0.2) is 5.78 Å². The van der Waals surface area contributed by atoms with E-state index in [2.05, 4.69) is 0 Å². The Labute approximate surface area is 97.3 Å². The highest BCUT2D eigenvalue weighted by atomic mass is 35.5. The minimum absolute atomic E-state index is 0.0724. The first kappa shape index (κ1) is 10.4. The lowest BCUT2D eigenvalue weighted by molar-refractivity contribution is 0.101. The van der Waals surface area contributed by atoms with E-state index in [1.165, 1.54) is 11.3 Å². The van der Waals surface area contributed by atoms with E-state index in [4.69, 9.17) is 11.6 Å². The Morgan fingerprint density at radius 2 is 2.13 bits per heavy atom. The molecule has 3 heteroatoms. The van der Waals surface area contributed by atoms with Gasteiger partial charge < -0.3 is 0 Å². The van der Waals surface area contributed by atoms with Crippen LogP contribution in [0.3, 0.4) is 0 Å². The highest BCUT2D eigenvalue weighted by Crippen LogP contribution is 2.32. The van der Waals surface area contributed by atoms with Gasteiger partial charge in [0.2, 0.25) is 0 Å². The van der Waals surface area contributed by atoms with Crippen molar-refractivity contribution in [1.82, 2.24) is 0 Å². The SMILES string of the molecule is CC(=O)c1cccc(-c2ccsc2Cl)c1. The summed E-state index contributed by atoms with van der Waals surface area (Å²) < 4.78 is 0.760. The smallest absolute Gasteiger partial charge is 0.159 e. The molecule has 0 saturated carbocycles.